The number of methoxy groups -OCH3 is 1. The lowest BCUT2D eigenvalue weighted by molar-refractivity contribution is 0.267. The number of guanidine groups is 1. The third-order valence-corrected chi connectivity index (χ3v) is 4.10. The summed E-state index contributed by atoms with van der Waals surface area (Å²) in [4.78, 5) is 11.0. The van der Waals surface area contributed by atoms with Crippen LogP contribution in [0.1, 0.15) is 25.3 Å². The van der Waals surface area contributed by atoms with Crippen LogP contribution in [0.4, 0.5) is 0 Å². The molecule has 1 unspecified atom stereocenters. The van der Waals surface area contributed by atoms with Gasteiger partial charge in [-0.2, -0.15) is 0 Å². The third kappa shape index (κ3) is 6.14. The normalized spacial score (nSPS) is 18.4. The van der Waals surface area contributed by atoms with Gasteiger partial charge in [-0.3, -0.25) is 9.89 Å². The molecule has 0 radical (unpaired) electrons. The lowest BCUT2D eigenvalue weighted by Crippen LogP contribution is -2.44. The van der Waals surface area contributed by atoms with Crippen LogP contribution in [-0.2, 0) is 6.54 Å². The number of pyridine rings is 1. The van der Waals surface area contributed by atoms with Crippen LogP contribution >= 0.6 is 24.0 Å². The van der Waals surface area contributed by atoms with Gasteiger partial charge >= 0.3 is 0 Å². The zero-order valence-corrected chi connectivity index (χ0v) is 16.5. The van der Waals surface area contributed by atoms with E-state index >= 15 is 0 Å². The molecule has 0 saturated carbocycles. The number of likely N-dealkylation sites (N-methyl/N-ethyl adjacent to an activating group) is 1. The highest BCUT2D eigenvalue weighted by Crippen LogP contribution is 2.15. The van der Waals surface area contributed by atoms with E-state index in [1.807, 2.05) is 18.3 Å². The molecule has 0 spiro atoms. The fourth-order valence-corrected chi connectivity index (χ4v) is 2.80. The molecule has 23 heavy (non-hydrogen) atoms. The van der Waals surface area contributed by atoms with Gasteiger partial charge in [0.2, 0.25) is 5.88 Å². The van der Waals surface area contributed by atoms with Crippen LogP contribution in [0.15, 0.2) is 23.3 Å². The number of halogens is 1. The Labute approximate surface area is 156 Å². The Hall–Kier alpha value is -1.09. The number of likely N-dealkylation sites (tertiary alicyclic amines) is 1. The Kier molecular flexibility index (Phi) is 9.23. The molecule has 130 valence electrons. The van der Waals surface area contributed by atoms with E-state index in [2.05, 4.69) is 32.4 Å². The van der Waals surface area contributed by atoms with E-state index in [0.29, 0.717) is 18.5 Å². The van der Waals surface area contributed by atoms with Gasteiger partial charge in [0.05, 0.1) is 7.11 Å². The fraction of sp³-hybridized carbons (Fsp3) is 0.625. The Balaban J connectivity index is 0.00000264. The molecule has 2 N–H and O–H groups in total. The van der Waals surface area contributed by atoms with Gasteiger partial charge in [-0.15, -0.1) is 24.0 Å². The van der Waals surface area contributed by atoms with Gasteiger partial charge in [-0.25, -0.2) is 4.98 Å². The summed E-state index contributed by atoms with van der Waals surface area (Å²) in [7, 11) is 3.42. The van der Waals surface area contributed by atoms with Crippen molar-refractivity contribution in [2.24, 2.45) is 4.99 Å². The number of nitrogens with zero attached hydrogens (tertiary/aromatic N) is 3. The minimum atomic E-state index is 0. The monoisotopic (exact) mass is 433 g/mol. The van der Waals surface area contributed by atoms with Crippen LogP contribution in [0.3, 0.4) is 0 Å². The predicted molar refractivity (Wildman–Crippen MR) is 105 cm³/mol. The van der Waals surface area contributed by atoms with Crippen LogP contribution in [0.2, 0.25) is 0 Å². The summed E-state index contributed by atoms with van der Waals surface area (Å²) >= 11 is 0. The average molecular weight is 433 g/mol. The number of nitrogens with one attached hydrogen (secondary N) is 2. The first-order valence-electron chi connectivity index (χ1n) is 7.94. The Morgan fingerprint density at radius 2 is 2.26 bits per heavy atom. The molecule has 1 fully saturated rings. The van der Waals surface area contributed by atoms with Crippen LogP contribution in [0.25, 0.3) is 0 Å². The SMILES string of the molecule is CCN1CCCC1CNC(=NC)NCc1ccc(OC)nc1.I. The molecular formula is C16H28IN5O. The second kappa shape index (κ2) is 10.6. The lowest BCUT2D eigenvalue weighted by atomic mass is 10.2. The number of aliphatic imine (C=N–C) groups is 1. The first-order chi connectivity index (χ1) is 10.8. The smallest absolute Gasteiger partial charge is 0.212 e. The lowest BCUT2D eigenvalue weighted by Gasteiger charge is -2.24. The number of ether oxygens (including phenoxy) is 1. The van der Waals surface area contributed by atoms with Crippen molar-refractivity contribution in [1.29, 1.82) is 0 Å². The van der Waals surface area contributed by atoms with Crippen molar-refractivity contribution in [3.05, 3.63) is 23.9 Å². The van der Waals surface area contributed by atoms with Crippen molar-refractivity contribution in [2.45, 2.75) is 32.4 Å². The molecule has 1 aromatic heterocycles. The summed E-state index contributed by atoms with van der Waals surface area (Å²) in [5.74, 6) is 1.46. The number of rotatable bonds is 6. The highest BCUT2D eigenvalue weighted by atomic mass is 127. The zero-order chi connectivity index (χ0) is 15.8. The molecular weight excluding hydrogens is 405 g/mol. The Morgan fingerprint density at radius 3 is 2.87 bits per heavy atom. The van der Waals surface area contributed by atoms with Crippen LogP contribution in [-0.4, -0.2) is 55.7 Å². The van der Waals surface area contributed by atoms with Gasteiger partial charge in [0.1, 0.15) is 0 Å². The van der Waals surface area contributed by atoms with Crippen LogP contribution < -0.4 is 15.4 Å². The Morgan fingerprint density at radius 1 is 1.43 bits per heavy atom. The van der Waals surface area contributed by atoms with Gasteiger partial charge < -0.3 is 15.4 Å². The van der Waals surface area contributed by atoms with Crippen molar-refractivity contribution in [3.63, 3.8) is 0 Å². The zero-order valence-electron chi connectivity index (χ0n) is 14.2. The summed E-state index contributed by atoms with van der Waals surface area (Å²) in [5.41, 5.74) is 1.10. The maximum absolute atomic E-state index is 5.06. The van der Waals surface area contributed by atoms with Crippen molar-refractivity contribution in [3.8, 4) is 5.88 Å². The van der Waals surface area contributed by atoms with Crippen LogP contribution in [0, 0.1) is 0 Å². The quantitative estimate of drug-likeness (QED) is 0.408. The molecule has 2 rings (SSSR count). The fourth-order valence-electron chi connectivity index (χ4n) is 2.80. The van der Waals surface area contributed by atoms with Crippen molar-refractivity contribution >= 4 is 29.9 Å². The van der Waals surface area contributed by atoms with Crippen molar-refractivity contribution < 1.29 is 4.74 Å². The molecule has 0 bridgehead atoms. The molecule has 1 aromatic rings. The maximum Gasteiger partial charge on any atom is 0.212 e. The van der Waals surface area contributed by atoms with Crippen molar-refractivity contribution in [1.82, 2.24) is 20.5 Å². The first-order valence-corrected chi connectivity index (χ1v) is 7.94. The molecule has 6 nitrogen and oxygen atoms in total. The van der Waals surface area contributed by atoms with E-state index in [0.717, 1.165) is 24.6 Å². The highest BCUT2D eigenvalue weighted by Gasteiger charge is 2.22. The molecule has 1 aliphatic heterocycles. The summed E-state index contributed by atoms with van der Waals surface area (Å²) in [6.07, 6.45) is 4.37. The van der Waals surface area contributed by atoms with Gasteiger partial charge in [-0.1, -0.05) is 13.0 Å². The van der Waals surface area contributed by atoms with Crippen molar-refractivity contribution in [2.75, 3.05) is 33.8 Å². The second-order valence-electron chi connectivity index (χ2n) is 5.44. The largest absolute Gasteiger partial charge is 0.481 e. The molecule has 2 heterocycles. The molecule has 0 aromatic carbocycles. The summed E-state index contributed by atoms with van der Waals surface area (Å²) in [6, 6.07) is 4.48. The number of hydrogen-bond donors (Lipinski definition) is 2. The standard InChI is InChI=1S/C16H27N5O.HI/c1-4-21-9-5-6-14(21)12-20-16(17-2)19-11-13-7-8-15(22-3)18-10-13;/h7-8,10,14H,4-6,9,11-12H2,1-3H3,(H2,17,19,20);1H. The summed E-state index contributed by atoms with van der Waals surface area (Å²) < 4.78 is 5.06. The van der Waals surface area contributed by atoms with Gasteiger partial charge in [0, 0.05) is 38.4 Å². The number of hydrogen-bond acceptors (Lipinski definition) is 4. The average Bonchev–Trinajstić information content (AvgIpc) is 3.03. The molecule has 1 saturated heterocycles. The van der Waals surface area contributed by atoms with Gasteiger partial charge in [0.25, 0.3) is 0 Å². The maximum atomic E-state index is 5.06. The summed E-state index contributed by atoms with van der Waals surface area (Å²) in [5, 5.41) is 6.74. The van der Waals surface area contributed by atoms with E-state index < -0.39 is 0 Å². The summed E-state index contributed by atoms with van der Waals surface area (Å²) in [6.45, 7) is 6.19. The van der Waals surface area contributed by atoms with E-state index in [1.165, 1.54) is 19.4 Å². The molecule has 1 atom stereocenters. The molecule has 0 amide bonds. The highest BCUT2D eigenvalue weighted by molar-refractivity contribution is 14.0. The van der Waals surface area contributed by atoms with Gasteiger partial charge in [-0.05, 0) is 31.5 Å². The molecule has 7 heteroatoms. The Bertz CT molecular complexity index is 480. The minimum Gasteiger partial charge on any atom is -0.481 e. The van der Waals surface area contributed by atoms with Crippen LogP contribution in [0.5, 0.6) is 5.88 Å². The van der Waals surface area contributed by atoms with E-state index in [-0.39, 0.29) is 24.0 Å². The number of aromatic nitrogens is 1. The second-order valence-corrected chi connectivity index (χ2v) is 5.44. The molecule has 1 aliphatic rings. The van der Waals surface area contributed by atoms with Gasteiger partial charge in [0.15, 0.2) is 5.96 Å². The topological polar surface area (TPSA) is 61.8 Å². The van der Waals surface area contributed by atoms with E-state index in [9.17, 15) is 0 Å². The van der Waals surface area contributed by atoms with E-state index in [1.54, 1.807) is 14.2 Å². The first kappa shape index (κ1) is 20.0. The predicted octanol–water partition coefficient (Wildman–Crippen LogP) is 1.86. The molecule has 0 aliphatic carbocycles. The third-order valence-electron chi connectivity index (χ3n) is 4.10. The van der Waals surface area contributed by atoms with E-state index in [4.69, 9.17) is 4.74 Å². The minimum absolute atomic E-state index is 0.